The van der Waals surface area contributed by atoms with E-state index in [-0.39, 0.29) is 6.61 Å². The minimum absolute atomic E-state index is 0.243. The van der Waals surface area contributed by atoms with Crippen molar-refractivity contribution in [2.24, 2.45) is 11.8 Å². The van der Waals surface area contributed by atoms with Gasteiger partial charge in [0.2, 0.25) is 3.79 Å². The normalized spacial score (nSPS) is 28.7. The number of ether oxygens (including phenoxy) is 1. The molecule has 2 unspecified atom stereocenters. The van der Waals surface area contributed by atoms with Gasteiger partial charge in [-0.1, -0.05) is 34.8 Å². The van der Waals surface area contributed by atoms with Gasteiger partial charge in [-0.05, 0) is 0 Å². The van der Waals surface area contributed by atoms with Crippen LogP contribution in [0.4, 0.5) is 0 Å². The number of halogens is 3. The van der Waals surface area contributed by atoms with E-state index in [2.05, 4.69) is 4.74 Å². The van der Waals surface area contributed by atoms with Crippen molar-refractivity contribution in [1.29, 1.82) is 0 Å². The molecule has 1 N–H and O–H groups in total. The summed E-state index contributed by atoms with van der Waals surface area (Å²) in [6.45, 7) is -0.243. The smallest absolute Gasteiger partial charge is 0.314 e. The number of aliphatic carboxylic acids is 1. The summed E-state index contributed by atoms with van der Waals surface area (Å²) >= 11 is 16.3. The average molecular weight is 247 g/mol. The average Bonchev–Trinajstić information content (AvgIpc) is 2.28. The molecule has 0 aliphatic carbocycles. The van der Waals surface area contributed by atoms with Gasteiger partial charge in [-0.25, -0.2) is 0 Å². The maximum atomic E-state index is 11.0. The summed E-state index contributed by atoms with van der Waals surface area (Å²) in [5, 5.41) is 8.66. The van der Waals surface area contributed by atoms with Crippen molar-refractivity contribution >= 4 is 46.7 Å². The highest BCUT2D eigenvalue weighted by atomic mass is 35.6. The number of rotatable bonds is 1. The van der Waals surface area contributed by atoms with E-state index in [1.165, 1.54) is 0 Å². The van der Waals surface area contributed by atoms with Gasteiger partial charge in [-0.15, -0.1) is 0 Å². The highest BCUT2D eigenvalue weighted by Crippen LogP contribution is 2.43. The summed E-state index contributed by atoms with van der Waals surface area (Å²) < 4.78 is 2.56. The number of cyclic esters (lactones) is 1. The molecular formula is C6H5Cl3O4. The molecule has 7 heteroatoms. The summed E-state index contributed by atoms with van der Waals surface area (Å²) in [6.07, 6.45) is 0. The van der Waals surface area contributed by atoms with Crippen molar-refractivity contribution < 1.29 is 19.4 Å². The Morgan fingerprint density at radius 1 is 1.54 bits per heavy atom. The lowest BCUT2D eigenvalue weighted by Crippen LogP contribution is -2.33. The molecule has 0 amide bonds. The van der Waals surface area contributed by atoms with Crippen molar-refractivity contribution in [3.63, 3.8) is 0 Å². The molecular weight excluding hydrogens is 242 g/mol. The van der Waals surface area contributed by atoms with E-state index in [1.54, 1.807) is 0 Å². The van der Waals surface area contributed by atoms with E-state index in [4.69, 9.17) is 39.9 Å². The number of carbonyl (C=O) groups excluding carboxylic acids is 1. The molecule has 1 heterocycles. The van der Waals surface area contributed by atoms with Crippen LogP contribution in [0.25, 0.3) is 0 Å². The van der Waals surface area contributed by atoms with Crippen LogP contribution in [-0.4, -0.2) is 27.4 Å². The Morgan fingerprint density at radius 2 is 2.08 bits per heavy atom. The number of hydrogen-bond acceptors (Lipinski definition) is 3. The zero-order valence-corrected chi connectivity index (χ0v) is 8.44. The summed E-state index contributed by atoms with van der Waals surface area (Å²) in [5.74, 6) is -4.30. The van der Waals surface area contributed by atoms with Crippen molar-refractivity contribution in [2.75, 3.05) is 6.61 Å². The Kier molecular flexibility index (Phi) is 2.95. The highest BCUT2D eigenvalue weighted by Gasteiger charge is 2.52. The van der Waals surface area contributed by atoms with E-state index in [0.717, 1.165) is 0 Å². The fourth-order valence-corrected chi connectivity index (χ4v) is 1.82. The highest BCUT2D eigenvalue weighted by molar-refractivity contribution is 6.68. The lowest BCUT2D eigenvalue weighted by Gasteiger charge is -2.18. The van der Waals surface area contributed by atoms with Gasteiger partial charge in [0.25, 0.3) is 0 Å². The Hall–Kier alpha value is -0.190. The maximum Gasteiger partial charge on any atom is 0.314 e. The lowest BCUT2D eigenvalue weighted by molar-refractivity contribution is -0.144. The van der Waals surface area contributed by atoms with E-state index in [1.807, 2.05) is 0 Å². The van der Waals surface area contributed by atoms with E-state index in [0.29, 0.717) is 0 Å². The second-order valence-corrected chi connectivity index (χ2v) is 4.96. The number of alkyl halides is 3. The lowest BCUT2D eigenvalue weighted by atomic mass is 9.97. The molecule has 4 nitrogen and oxygen atoms in total. The predicted octanol–water partition coefficient (Wildman–Crippen LogP) is 1.23. The second kappa shape index (κ2) is 3.52. The van der Waals surface area contributed by atoms with Gasteiger partial charge in [-0.3, -0.25) is 9.59 Å². The third-order valence-corrected chi connectivity index (χ3v) is 2.44. The fourth-order valence-electron chi connectivity index (χ4n) is 1.10. The van der Waals surface area contributed by atoms with Crippen molar-refractivity contribution in [2.45, 2.75) is 3.79 Å². The van der Waals surface area contributed by atoms with E-state index in [9.17, 15) is 9.59 Å². The first-order chi connectivity index (χ1) is 5.84. The number of carbonyl (C=O) groups is 2. The van der Waals surface area contributed by atoms with E-state index >= 15 is 0 Å². The summed E-state index contributed by atoms with van der Waals surface area (Å²) in [5.41, 5.74) is 0. The molecule has 74 valence electrons. The van der Waals surface area contributed by atoms with Crippen LogP contribution in [0.1, 0.15) is 0 Å². The molecule has 1 rings (SSSR count). The molecule has 0 saturated carbocycles. The van der Waals surface area contributed by atoms with Crippen molar-refractivity contribution in [1.82, 2.24) is 0 Å². The SMILES string of the molecule is O=C(O)C1COC(=O)C1C(Cl)(Cl)Cl. The van der Waals surface area contributed by atoms with Crippen LogP contribution in [0.5, 0.6) is 0 Å². The van der Waals surface area contributed by atoms with Gasteiger partial charge in [0, 0.05) is 0 Å². The third-order valence-electron chi connectivity index (χ3n) is 1.73. The molecule has 1 saturated heterocycles. The molecule has 0 aromatic rings. The molecule has 0 radical (unpaired) electrons. The van der Waals surface area contributed by atoms with Crippen LogP contribution in [-0.2, 0) is 14.3 Å². The molecule has 0 aromatic heterocycles. The van der Waals surface area contributed by atoms with Crippen LogP contribution >= 0.6 is 34.8 Å². The van der Waals surface area contributed by atoms with Crippen LogP contribution in [0.3, 0.4) is 0 Å². The monoisotopic (exact) mass is 246 g/mol. The molecule has 1 aliphatic heterocycles. The molecule has 0 spiro atoms. The van der Waals surface area contributed by atoms with Crippen LogP contribution in [0.15, 0.2) is 0 Å². The first kappa shape index (κ1) is 10.9. The molecule has 0 bridgehead atoms. The van der Waals surface area contributed by atoms with Crippen LogP contribution in [0.2, 0.25) is 0 Å². The molecule has 0 aromatic carbocycles. The number of carboxylic acids is 1. The minimum Gasteiger partial charge on any atom is -0.481 e. The van der Waals surface area contributed by atoms with Gasteiger partial charge in [0.1, 0.15) is 18.4 Å². The Labute approximate surface area is 88.7 Å². The van der Waals surface area contributed by atoms with E-state index < -0.39 is 27.6 Å². The Balaban J connectivity index is 2.90. The van der Waals surface area contributed by atoms with Crippen molar-refractivity contribution in [3.8, 4) is 0 Å². The maximum absolute atomic E-state index is 11.0. The quantitative estimate of drug-likeness (QED) is 0.559. The van der Waals surface area contributed by atoms with Gasteiger partial charge in [0.15, 0.2) is 0 Å². The topological polar surface area (TPSA) is 63.6 Å². The zero-order valence-electron chi connectivity index (χ0n) is 6.17. The summed E-state index contributed by atoms with van der Waals surface area (Å²) in [6, 6.07) is 0. The minimum atomic E-state index is -1.93. The Bertz CT molecular complexity index is 247. The summed E-state index contributed by atoms with van der Waals surface area (Å²) in [7, 11) is 0. The Morgan fingerprint density at radius 3 is 2.38 bits per heavy atom. The van der Waals surface area contributed by atoms with Crippen molar-refractivity contribution in [3.05, 3.63) is 0 Å². The van der Waals surface area contributed by atoms with Gasteiger partial charge >= 0.3 is 11.9 Å². The van der Waals surface area contributed by atoms with Gasteiger partial charge in [0.05, 0.1) is 0 Å². The standard InChI is InChI=1S/C6H5Cl3O4/c7-6(8,9)3-2(4(10)11)1-13-5(3)12/h2-3H,1H2,(H,10,11). The van der Waals surface area contributed by atoms with Crippen LogP contribution in [0, 0.1) is 11.8 Å². The molecule has 1 aliphatic rings. The van der Waals surface area contributed by atoms with Gasteiger partial charge < -0.3 is 9.84 Å². The summed E-state index contributed by atoms with van der Waals surface area (Å²) in [4.78, 5) is 21.6. The number of carboxylic acid groups (broad SMARTS) is 1. The number of esters is 1. The fraction of sp³-hybridized carbons (Fsp3) is 0.667. The first-order valence-electron chi connectivity index (χ1n) is 3.30. The third kappa shape index (κ3) is 2.18. The molecule has 13 heavy (non-hydrogen) atoms. The second-order valence-electron chi connectivity index (χ2n) is 2.59. The predicted molar refractivity (Wildman–Crippen MR) is 45.9 cm³/mol. The number of hydrogen-bond donors (Lipinski definition) is 1. The molecule has 1 fully saturated rings. The van der Waals surface area contributed by atoms with Gasteiger partial charge in [-0.2, -0.15) is 0 Å². The van der Waals surface area contributed by atoms with Crippen LogP contribution < -0.4 is 0 Å². The molecule has 2 atom stereocenters. The zero-order chi connectivity index (χ0) is 10.2. The first-order valence-corrected chi connectivity index (χ1v) is 4.43. The largest absolute Gasteiger partial charge is 0.481 e.